The molecule has 1 aromatic heterocycles. The highest BCUT2D eigenvalue weighted by molar-refractivity contribution is 5.83. The molecular weight excluding hydrogens is 335 g/mol. The van der Waals surface area contributed by atoms with Gasteiger partial charge >= 0.3 is 0 Å². The molecule has 0 bridgehead atoms. The molecule has 1 amide bonds. The van der Waals surface area contributed by atoms with Crippen LogP contribution in [0.25, 0.3) is 0 Å². The van der Waals surface area contributed by atoms with Crippen molar-refractivity contribution in [3.8, 4) is 0 Å². The van der Waals surface area contributed by atoms with Crippen LogP contribution in [0.2, 0.25) is 0 Å². The van der Waals surface area contributed by atoms with E-state index >= 15 is 0 Å². The van der Waals surface area contributed by atoms with Crippen LogP contribution in [-0.4, -0.2) is 58.1 Å². The number of carbonyl (C=O) groups excluding carboxylic acids is 1. The molecule has 26 heavy (non-hydrogen) atoms. The predicted octanol–water partition coefficient (Wildman–Crippen LogP) is 1.52. The average molecular weight is 358 g/mol. The largest absolute Gasteiger partial charge is 0.379 e. The van der Waals surface area contributed by atoms with Gasteiger partial charge in [0, 0.05) is 44.4 Å². The molecule has 6 nitrogen and oxygen atoms in total. The summed E-state index contributed by atoms with van der Waals surface area (Å²) in [6, 6.07) is 5.95. The zero-order valence-electron chi connectivity index (χ0n) is 14.9. The van der Waals surface area contributed by atoms with Gasteiger partial charge in [-0.25, -0.2) is 9.37 Å². The molecule has 0 spiro atoms. The van der Waals surface area contributed by atoms with Crippen LogP contribution >= 0.6 is 0 Å². The lowest BCUT2D eigenvalue weighted by Crippen LogP contribution is -2.48. The molecule has 4 rings (SSSR count). The average Bonchev–Trinajstić information content (AvgIpc) is 3.05. The molecule has 1 saturated heterocycles. The predicted molar refractivity (Wildman–Crippen MR) is 93.9 cm³/mol. The highest BCUT2D eigenvalue weighted by Gasteiger charge is 2.35. The normalized spacial score (nSPS) is 19.2. The van der Waals surface area contributed by atoms with Crippen LogP contribution in [-0.2, 0) is 29.5 Å². The Morgan fingerprint density at radius 3 is 2.77 bits per heavy atom. The van der Waals surface area contributed by atoms with Crippen molar-refractivity contribution in [2.75, 3.05) is 32.8 Å². The summed E-state index contributed by atoms with van der Waals surface area (Å²) in [5, 5.41) is 0. The van der Waals surface area contributed by atoms with Crippen LogP contribution in [0, 0.1) is 5.82 Å². The van der Waals surface area contributed by atoms with Gasteiger partial charge in [-0.2, -0.15) is 0 Å². The number of morpholine rings is 1. The Hall–Kier alpha value is -2.25. The van der Waals surface area contributed by atoms with E-state index < -0.39 is 6.04 Å². The molecule has 1 aromatic carbocycles. The van der Waals surface area contributed by atoms with Crippen LogP contribution in [0.3, 0.4) is 0 Å². The summed E-state index contributed by atoms with van der Waals surface area (Å²) in [5.41, 5.74) is 2.54. The number of carbonyl (C=O) groups is 1. The van der Waals surface area contributed by atoms with Crippen molar-refractivity contribution in [3.63, 3.8) is 0 Å². The number of aromatic nitrogens is 2. The number of hydrogen-bond donors (Lipinski definition) is 0. The SMILES string of the molecule is Cn1cnc2c1CCN(C(=O)C(c1ccccc1F)N1CCOCC1)C2. The highest BCUT2D eigenvalue weighted by Crippen LogP contribution is 2.28. The van der Waals surface area contributed by atoms with Crippen molar-refractivity contribution < 1.29 is 13.9 Å². The summed E-state index contributed by atoms with van der Waals surface area (Å²) in [7, 11) is 1.97. The molecule has 2 aromatic rings. The second-order valence-electron chi connectivity index (χ2n) is 6.83. The fraction of sp³-hybridized carbons (Fsp3) is 0.474. The molecule has 2 aliphatic heterocycles. The van der Waals surface area contributed by atoms with Crippen LogP contribution in [0.15, 0.2) is 30.6 Å². The monoisotopic (exact) mass is 358 g/mol. The molecule has 1 atom stereocenters. The summed E-state index contributed by atoms with van der Waals surface area (Å²) in [6.07, 6.45) is 2.56. The molecule has 0 aliphatic carbocycles. The fourth-order valence-corrected chi connectivity index (χ4v) is 3.84. The van der Waals surface area contributed by atoms with Gasteiger partial charge in [0.2, 0.25) is 5.91 Å². The number of halogens is 1. The summed E-state index contributed by atoms with van der Waals surface area (Å²) in [4.78, 5) is 21.7. The Balaban J connectivity index is 1.63. The van der Waals surface area contributed by atoms with Crippen molar-refractivity contribution in [2.45, 2.75) is 19.0 Å². The maximum atomic E-state index is 14.5. The Labute approximate surface area is 152 Å². The van der Waals surface area contributed by atoms with E-state index in [1.54, 1.807) is 24.5 Å². The minimum Gasteiger partial charge on any atom is -0.379 e. The number of imidazole rings is 1. The molecule has 1 unspecified atom stereocenters. The van der Waals surface area contributed by atoms with Crippen molar-refractivity contribution >= 4 is 5.91 Å². The van der Waals surface area contributed by atoms with Crippen LogP contribution < -0.4 is 0 Å². The molecule has 7 heteroatoms. The summed E-state index contributed by atoms with van der Waals surface area (Å²) >= 11 is 0. The van der Waals surface area contributed by atoms with E-state index in [0.717, 1.165) is 12.1 Å². The van der Waals surface area contributed by atoms with Crippen molar-refractivity contribution in [1.29, 1.82) is 0 Å². The van der Waals surface area contributed by atoms with Crippen LogP contribution in [0.5, 0.6) is 0 Å². The number of aryl methyl sites for hydroxylation is 1. The first-order valence-corrected chi connectivity index (χ1v) is 8.99. The van der Waals surface area contributed by atoms with Gasteiger partial charge in [0.25, 0.3) is 0 Å². The van der Waals surface area contributed by atoms with E-state index in [9.17, 15) is 9.18 Å². The molecule has 0 saturated carbocycles. The van der Waals surface area contributed by atoms with E-state index in [4.69, 9.17) is 4.74 Å². The first kappa shape index (κ1) is 17.2. The van der Waals surface area contributed by atoms with Gasteiger partial charge in [0.15, 0.2) is 0 Å². The molecule has 3 heterocycles. The van der Waals surface area contributed by atoms with Crippen molar-refractivity contribution in [2.24, 2.45) is 7.05 Å². The van der Waals surface area contributed by atoms with E-state index in [1.807, 2.05) is 21.4 Å². The molecule has 2 aliphatic rings. The summed E-state index contributed by atoms with van der Waals surface area (Å²) < 4.78 is 21.9. The number of nitrogens with zero attached hydrogens (tertiary/aromatic N) is 4. The maximum Gasteiger partial charge on any atom is 0.245 e. The lowest BCUT2D eigenvalue weighted by Gasteiger charge is -2.38. The third kappa shape index (κ3) is 3.12. The van der Waals surface area contributed by atoms with E-state index in [0.29, 0.717) is 45.0 Å². The minimum atomic E-state index is -0.620. The lowest BCUT2D eigenvalue weighted by molar-refractivity contribution is -0.140. The Kier molecular flexibility index (Phi) is 4.74. The van der Waals surface area contributed by atoms with E-state index in [1.165, 1.54) is 11.8 Å². The number of amides is 1. The van der Waals surface area contributed by atoms with Crippen LogP contribution in [0.4, 0.5) is 4.39 Å². The highest BCUT2D eigenvalue weighted by atomic mass is 19.1. The number of benzene rings is 1. The number of ether oxygens (including phenoxy) is 1. The zero-order chi connectivity index (χ0) is 18.1. The number of rotatable bonds is 3. The Morgan fingerprint density at radius 2 is 2.00 bits per heavy atom. The van der Waals surface area contributed by atoms with Crippen molar-refractivity contribution in [3.05, 3.63) is 53.4 Å². The van der Waals surface area contributed by atoms with Crippen molar-refractivity contribution in [1.82, 2.24) is 19.4 Å². The van der Waals surface area contributed by atoms with E-state index in [2.05, 4.69) is 4.98 Å². The van der Waals surface area contributed by atoms with Gasteiger partial charge in [-0.1, -0.05) is 18.2 Å². The molecule has 1 fully saturated rings. The van der Waals surface area contributed by atoms with Gasteiger partial charge in [0.1, 0.15) is 11.9 Å². The standard InChI is InChI=1S/C19H23FN4O2/c1-22-13-21-16-12-24(7-6-17(16)22)19(25)18(23-8-10-26-11-9-23)14-4-2-3-5-15(14)20/h2-5,13,18H,6-12H2,1H3. The lowest BCUT2D eigenvalue weighted by atomic mass is 10.0. The fourth-order valence-electron chi connectivity index (χ4n) is 3.84. The molecule has 0 radical (unpaired) electrons. The third-order valence-corrected chi connectivity index (χ3v) is 5.26. The van der Waals surface area contributed by atoms with Crippen LogP contribution in [0.1, 0.15) is 23.0 Å². The molecule has 138 valence electrons. The molecule has 0 N–H and O–H groups in total. The van der Waals surface area contributed by atoms with Gasteiger partial charge in [-0.05, 0) is 6.07 Å². The zero-order valence-corrected chi connectivity index (χ0v) is 14.9. The van der Waals surface area contributed by atoms with Gasteiger partial charge in [-0.3, -0.25) is 9.69 Å². The first-order valence-electron chi connectivity index (χ1n) is 8.99. The quantitative estimate of drug-likeness (QED) is 0.835. The summed E-state index contributed by atoms with van der Waals surface area (Å²) in [5.74, 6) is -0.402. The minimum absolute atomic E-state index is 0.0618. The van der Waals surface area contributed by atoms with Gasteiger partial charge in [0.05, 0.1) is 31.8 Å². The third-order valence-electron chi connectivity index (χ3n) is 5.26. The number of hydrogen-bond acceptors (Lipinski definition) is 4. The summed E-state index contributed by atoms with van der Waals surface area (Å²) in [6.45, 7) is 3.46. The second kappa shape index (κ2) is 7.17. The van der Waals surface area contributed by atoms with Gasteiger partial charge in [-0.15, -0.1) is 0 Å². The van der Waals surface area contributed by atoms with Gasteiger partial charge < -0.3 is 14.2 Å². The maximum absolute atomic E-state index is 14.5. The topological polar surface area (TPSA) is 50.6 Å². The smallest absolute Gasteiger partial charge is 0.245 e. The Morgan fingerprint density at radius 1 is 1.23 bits per heavy atom. The molecular formula is C19H23FN4O2. The first-order chi connectivity index (χ1) is 12.6. The Bertz CT molecular complexity index is 801. The van der Waals surface area contributed by atoms with E-state index in [-0.39, 0.29) is 11.7 Å². The second-order valence-corrected chi connectivity index (χ2v) is 6.83. The number of fused-ring (bicyclic) bond motifs is 1.